The third kappa shape index (κ3) is 7.56. The lowest BCUT2D eigenvalue weighted by molar-refractivity contribution is 0.483. The number of rotatable bonds is 11. The van der Waals surface area contributed by atoms with Crippen molar-refractivity contribution in [2.75, 3.05) is 0 Å². The van der Waals surface area contributed by atoms with Crippen molar-refractivity contribution in [3.05, 3.63) is 35.4 Å². The fourth-order valence-electron chi connectivity index (χ4n) is 2.63. The molecule has 0 aliphatic carbocycles. The number of halogens is 2. The normalized spacial score (nSPS) is 12.6. The SMILES string of the molecule is CCCCCCCCCCC(N)Cc1cccc(F)c1F. The van der Waals surface area contributed by atoms with Crippen LogP contribution in [0.1, 0.15) is 70.3 Å². The van der Waals surface area contributed by atoms with E-state index >= 15 is 0 Å². The van der Waals surface area contributed by atoms with E-state index in [4.69, 9.17) is 5.73 Å². The third-order valence-corrected chi connectivity index (χ3v) is 3.94. The molecule has 1 rings (SSSR count). The number of hydrogen-bond donors (Lipinski definition) is 1. The number of hydrogen-bond acceptors (Lipinski definition) is 1. The van der Waals surface area contributed by atoms with Crippen LogP contribution in [0.4, 0.5) is 8.78 Å². The van der Waals surface area contributed by atoms with Gasteiger partial charge in [-0.2, -0.15) is 0 Å². The summed E-state index contributed by atoms with van der Waals surface area (Å²) in [7, 11) is 0. The molecule has 21 heavy (non-hydrogen) atoms. The summed E-state index contributed by atoms with van der Waals surface area (Å²) >= 11 is 0. The van der Waals surface area contributed by atoms with Crippen molar-refractivity contribution in [3.8, 4) is 0 Å². The minimum Gasteiger partial charge on any atom is -0.327 e. The van der Waals surface area contributed by atoms with Gasteiger partial charge in [0, 0.05) is 6.04 Å². The summed E-state index contributed by atoms with van der Waals surface area (Å²) in [6.07, 6.45) is 11.4. The lowest BCUT2D eigenvalue weighted by atomic mass is 10.00. The van der Waals surface area contributed by atoms with Gasteiger partial charge in [-0.15, -0.1) is 0 Å². The summed E-state index contributed by atoms with van der Waals surface area (Å²) in [5.41, 5.74) is 6.41. The molecule has 0 radical (unpaired) electrons. The molecule has 0 aromatic heterocycles. The van der Waals surface area contributed by atoms with Gasteiger partial charge in [0.15, 0.2) is 11.6 Å². The Kier molecular flexibility index (Phi) is 9.24. The van der Waals surface area contributed by atoms with Crippen LogP contribution in [-0.4, -0.2) is 6.04 Å². The van der Waals surface area contributed by atoms with Crippen molar-refractivity contribution in [3.63, 3.8) is 0 Å². The molecular weight excluding hydrogens is 268 g/mol. The third-order valence-electron chi connectivity index (χ3n) is 3.94. The molecule has 0 aliphatic rings. The zero-order valence-electron chi connectivity index (χ0n) is 13.2. The highest BCUT2D eigenvalue weighted by Crippen LogP contribution is 2.15. The first-order valence-electron chi connectivity index (χ1n) is 8.33. The first-order valence-corrected chi connectivity index (χ1v) is 8.33. The molecule has 0 saturated carbocycles. The Balaban J connectivity index is 2.11. The molecule has 0 bridgehead atoms. The Hall–Kier alpha value is -0.960. The molecule has 0 spiro atoms. The molecule has 1 aromatic rings. The van der Waals surface area contributed by atoms with Crippen LogP contribution < -0.4 is 5.73 Å². The summed E-state index contributed by atoms with van der Waals surface area (Å²) < 4.78 is 26.6. The van der Waals surface area contributed by atoms with Crippen LogP contribution in [0.5, 0.6) is 0 Å². The maximum Gasteiger partial charge on any atom is 0.162 e. The van der Waals surface area contributed by atoms with Crippen molar-refractivity contribution in [2.24, 2.45) is 5.73 Å². The van der Waals surface area contributed by atoms with E-state index < -0.39 is 11.6 Å². The average Bonchev–Trinajstić information content (AvgIpc) is 2.47. The molecule has 3 heteroatoms. The lowest BCUT2D eigenvalue weighted by Crippen LogP contribution is -2.23. The Morgan fingerprint density at radius 3 is 2.24 bits per heavy atom. The first-order chi connectivity index (χ1) is 10.1. The number of benzene rings is 1. The van der Waals surface area contributed by atoms with Crippen LogP contribution >= 0.6 is 0 Å². The Labute approximate surface area is 127 Å². The quantitative estimate of drug-likeness (QED) is 0.546. The second-order valence-corrected chi connectivity index (χ2v) is 5.94. The molecular formula is C18H29F2N. The molecule has 1 unspecified atom stereocenters. The van der Waals surface area contributed by atoms with Crippen LogP contribution in [0.2, 0.25) is 0 Å². The topological polar surface area (TPSA) is 26.0 Å². The summed E-state index contributed by atoms with van der Waals surface area (Å²) in [6, 6.07) is 4.22. The van der Waals surface area contributed by atoms with Gasteiger partial charge in [-0.1, -0.05) is 70.4 Å². The zero-order chi connectivity index (χ0) is 15.5. The van der Waals surface area contributed by atoms with E-state index in [0.29, 0.717) is 12.0 Å². The van der Waals surface area contributed by atoms with Gasteiger partial charge in [-0.3, -0.25) is 0 Å². The van der Waals surface area contributed by atoms with Crippen molar-refractivity contribution < 1.29 is 8.78 Å². The Bertz CT molecular complexity index is 393. The largest absolute Gasteiger partial charge is 0.327 e. The van der Waals surface area contributed by atoms with Gasteiger partial charge >= 0.3 is 0 Å². The summed E-state index contributed by atoms with van der Waals surface area (Å²) in [5, 5.41) is 0. The fourth-order valence-corrected chi connectivity index (χ4v) is 2.63. The predicted octanol–water partition coefficient (Wildman–Crippen LogP) is 5.37. The van der Waals surface area contributed by atoms with Crippen LogP contribution in [0.3, 0.4) is 0 Å². The van der Waals surface area contributed by atoms with Crippen molar-refractivity contribution in [1.82, 2.24) is 0 Å². The van der Waals surface area contributed by atoms with Gasteiger partial charge in [-0.05, 0) is 24.5 Å². The van der Waals surface area contributed by atoms with E-state index in [1.165, 1.54) is 51.0 Å². The van der Waals surface area contributed by atoms with Crippen LogP contribution in [0.25, 0.3) is 0 Å². The monoisotopic (exact) mass is 297 g/mol. The van der Waals surface area contributed by atoms with Gasteiger partial charge in [0.25, 0.3) is 0 Å². The van der Waals surface area contributed by atoms with Gasteiger partial charge in [-0.25, -0.2) is 8.78 Å². The molecule has 1 aromatic carbocycles. The average molecular weight is 297 g/mol. The van der Waals surface area contributed by atoms with E-state index in [0.717, 1.165) is 18.9 Å². The highest BCUT2D eigenvalue weighted by molar-refractivity contribution is 5.19. The molecule has 0 fully saturated rings. The standard InChI is InChI=1S/C18H29F2N/c1-2-3-4-5-6-7-8-9-12-16(21)14-15-11-10-13-17(19)18(15)20/h10-11,13,16H,2-9,12,14,21H2,1H3. The molecule has 1 atom stereocenters. The highest BCUT2D eigenvalue weighted by Gasteiger charge is 2.11. The van der Waals surface area contributed by atoms with Gasteiger partial charge < -0.3 is 5.73 Å². The Morgan fingerprint density at radius 1 is 0.952 bits per heavy atom. The predicted molar refractivity (Wildman–Crippen MR) is 85.3 cm³/mol. The van der Waals surface area contributed by atoms with Crippen molar-refractivity contribution >= 4 is 0 Å². The fraction of sp³-hybridized carbons (Fsp3) is 0.667. The second kappa shape index (κ2) is 10.7. The maximum absolute atomic E-state index is 13.5. The molecule has 0 saturated heterocycles. The van der Waals surface area contributed by atoms with E-state index in [9.17, 15) is 8.78 Å². The van der Waals surface area contributed by atoms with E-state index in [1.807, 2.05) is 0 Å². The first kappa shape index (κ1) is 18.1. The van der Waals surface area contributed by atoms with Gasteiger partial charge in [0.2, 0.25) is 0 Å². The molecule has 120 valence electrons. The molecule has 2 N–H and O–H groups in total. The smallest absolute Gasteiger partial charge is 0.162 e. The summed E-state index contributed by atoms with van der Waals surface area (Å²) in [6.45, 7) is 2.23. The van der Waals surface area contributed by atoms with Crippen molar-refractivity contribution in [2.45, 2.75) is 77.2 Å². The van der Waals surface area contributed by atoms with Crippen LogP contribution in [0.15, 0.2) is 18.2 Å². The highest BCUT2D eigenvalue weighted by atomic mass is 19.2. The number of nitrogens with two attached hydrogens (primary N) is 1. The van der Waals surface area contributed by atoms with Crippen LogP contribution in [0, 0.1) is 11.6 Å². The minimum absolute atomic E-state index is 0.0820. The zero-order valence-corrected chi connectivity index (χ0v) is 13.2. The second-order valence-electron chi connectivity index (χ2n) is 5.94. The minimum atomic E-state index is -0.785. The van der Waals surface area contributed by atoms with Crippen LogP contribution in [-0.2, 0) is 6.42 Å². The van der Waals surface area contributed by atoms with E-state index in [-0.39, 0.29) is 6.04 Å². The molecule has 0 amide bonds. The van der Waals surface area contributed by atoms with E-state index in [2.05, 4.69) is 6.92 Å². The van der Waals surface area contributed by atoms with Gasteiger partial charge in [0.05, 0.1) is 0 Å². The lowest BCUT2D eigenvalue weighted by Gasteiger charge is -2.12. The van der Waals surface area contributed by atoms with Crippen molar-refractivity contribution in [1.29, 1.82) is 0 Å². The Morgan fingerprint density at radius 2 is 1.57 bits per heavy atom. The van der Waals surface area contributed by atoms with Gasteiger partial charge in [0.1, 0.15) is 0 Å². The summed E-state index contributed by atoms with van der Waals surface area (Å²) in [5.74, 6) is -1.53. The molecule has 0 heterocycles. The number of unbranched alkanes of at least 4 members (excludes halogenated alkanes) is 7. The maximum atomic E-state index is 13.5. The molecule has 1 nitrogen and oxygen atoms in total. The summed E-state index contributed by atoms with van der Waals surface area (Å²) in [4.78, 5) is 0. The van der Waals surface area contributed by atoms with E-state index in [1.54, 1.807) is 6.07 Å². The molecule has 0 aliphatic heterocycles.